The van der Waals surface area contributed by atoms with Crippen molar-refractivity contribution >= 4 is 10.0 Å². The molecule has 0 amide bonds. The molecule has 5 nitrogen and oxygen atoms in total. The molecule has 0 spiro atoms. The number of methoxy groups -OCH3 is 1. The Morgan fingerprint density at radius 3 is 2.88 bits per heavy atom. The Hall–Kier alpha value is -0.170. The van der Waals surface area contributed by atoms with Gasteiger partial charge in [0.25, 0.3) is 0 Å². The Kier molecular flexibility index (Phi) is 5.68. The van der Waals surface area contributed by atoms with Gasteiger partial charge >= 0.3 is 0 Å². The van der Waals surface area contributed by atoms with E-state index < -0.39 is 10.0 Å². The molecule has 2 unspecified atom stereocenters. The summed E-state index contributed by atoms with van der Waals surface area (Å²) in [4.78, 5) is 0. The van der Waals surface area contributed by atoms with Crippen LogP contribution >= 0.6 is 0 Å². The van der Waals surface area contributed by atoms with Crippen LogP contribution in [0.25, 0.3) is 0 Å². The predicted octanol–water partition coefficient (Wildman–Crippen LogP) is -0.0597. The molecule has 0 aromatic heterocycles. The van der Waals surface area contributed by atoms with Crippen LogP contribution in [0.4, 0.5) is 0 Å². The molecule has 16 heavy (non-hydrogen) atoms. The maximum atomic E-state index is 11.6. The summed E-state index contributed by atoms with van der Waals surface area (Å²) in [6, 6.07) is 0. The van der Waals surface area contributed by atoms with E-state index in [9.17, 15) is 8.42 Å². The lowest BCUT2D eigenvalue weighted by molar-refractivity contribution is 0.136. The molecule has 1 fully saturated rings. The number of sulfonamides is 1. The highest BCUT2D eigenvalue weighted by atomic mass is 32.2. The fourth-order valence-corrected chi connectivity index (χ4v) is 3.14. The Bertz CT molecular complexity index is 286. The van der Waals surface area contributed by atoms with Crippen molar-refractivity contribution in [1.82, 2.24) is 10.0 Å². The minimum absolute atomic E-state index is 0.0314. The standard InChI is InChI=1S/C10H22N2O3S/c1-9(15-2)8-16(13,14)12-7-10-4-3-5-11-6-10/h9-12H,3-8H2,1-2H3. The highest BCUT2D eigenvalue weighted by molar-refractivity contribution is 7.89. The molecule has 96 valence electrons. The SMILES string of the molecule is COC(C)CS(=O)(=O)NCC1CCCNC1. The Labute approximate surface area is 98.0 Å². The van der Waals surface area contributed by atoms with E-state index in [4.69, 9.17) is 4.74 Å². The number of nitrogens with one attached hydrogen (secondary N) is 2. The third-order valence-electron chi connectivity index (χ3n) is 2.85. The normalized spacial score (nSPS) is 24.2. The van der Waals surface area contributed by atoms with Crippen molar-refractivity contribution in [3.63, 3.8) is 0 Å². The van der Waals surface area contributed by atoms with Crippen molar-refractivity contribution in [1.29, 1.82) is 0 Å². The molecule has 2 N–H and O–H groups in total. The lowest BCUT2D eigenvalue weighted by atomic mass is 10.0. The fourth-order valence-electron chi connectivity index (χ4n) is 1.78. The van der Waals surface area contributed by atoms with Crippen LogP contribution in [0.3, 0.4) is 0 Å². The molecular formula is C10H22N2O3S. The first-order valence-corrected chi connectivity index (χ1v) is 7.39. The van der Waals surface area contributed by atoms with Crippen molar-refractivity contribution in [2.24, 2.45) is 5.92 Å². The van der Waals surface area contributed by atoms with E-state index in [1.807, 2.05) is 0 Å². The van der Waals surface area contributed by atoms with Gasteiger partial charge in [-0.15, -0.1) is 0 Å². The van der Waals surface area contributed by atoms with Crippen LogP contribution in [-0.4, -0.2) is 47.0 Å². The van der Waals surface area contributed by atoms with Gasteiger partial charge in [0.2, 0.25) is 10.0 Å². The van der Waals surface area contributed by atoms with Crippen LogP contribution in [0.5, 0.6) is 0 Å². The lowest BCUT2D eigenvalue weighted by Gasteiger charge is -2.23. The van der Waals surface area contributed by atoms with Crippen LogP contribution in [0, 0.1) is 5.92 Å². The zero-order valence-electron chi connectivity index (χ0n) is 10.0. The van der Waals surface area contributed by atoms with Gasteiger partial charge in [-0.3, -0.25) is 0 Å². The molecular weight excluding hydrogens is 228 g/mol. The number of hydrogen-bond donors (Lipinski definition) is 2. The molecule has 0 bridgehead atoms. The smallest absolute Gasteiger partial charge is 0.214 e. The summed E-state index contributed by atoms with van der Waals surface area (Å²) in [5.74, 6) is 0.449. The molecule has 1 aliphatic rings. The maximum absolute atomic E-state index is 11.6. The van der Waals surface area contributed by atoms with Crippen molar-refractivity contribution in [2.75, 3.05) is 32.5 Å². The molecule has 1 heterocycles. The zero-order chi connectivity index (χ0) is 12.0. The van der Waals surface area contributed by atoms with Crippen LogP contribution in [0.2, 0.25) is 0 Å². The molecule has 6 heteroatoms. The quantitative estimate of drug-likeness (QED) is 0.693. The largest absolute Gasteiger partial charge is 0.381 e. The van der Waals surface area contributed by atoms with Crippen LogP contribution < -0.4 is 10.0 Å². The maximum Gasteiger partial charge on any atom is 0.214 e. The van der Waals surface area contributed by atoms with E-state index >= 15 is 0 Å². The summed E-state index contributed by atoms with van der Waals surface area (Å²) < 4.78 is 30.9. The van der Waals surface area contributed by atoms with Crippen molar-refractivity contribution in [3.05, 3.63) is 0 Å². The van der Waals surface area contributed by atoms with Gasteiger partial charge in [0.05, 0.1) is 11.9 Å². The van der Waals surface area contributed by atoms with E-state index in [0.717, 1.165) is 25.9 Å². The molecule has 2 atom stereocenters. The first-order chi connectivity index (χ1) is 7.53. The van der Waals surface area contributed by atoms with E-state index in [0.29, 0.717) is 12.5 Å². The Morgan fingerprint density at radius 2 is 2.31 bits per heavy atom. The first kappa shape index (κ1) is 13.9. The second kappa shape index (κ2) is 6.54. The number of hydrogen-bond acceptors (Lipinski definition) is 4. The molecule has 0 radical (unpaired) electrons. The Balaban J connectivity index is 2.29. The monoisotopic (exact) mass is 250 g/mol. The van der Waals surface area contributed by atoms with Gasteiger partial charge in [-0.1, -0.05) is 0 Å². The summed E-state index contributed by atoms with van der Waals surface area (Å²) in [6.45, 7) is 4.24. The summed E-state index contributed by atoms with van der Waals surface area (Å²) >= 11 is 0. The van der Waals surface area contributed by atoms with Gasteiger partial charge in [0.1, 0.15) is 0 Å². The topological polar surface area (TPSA) is 67.4 Å². The predicted molar refractivity (Wildman–Crippen MR) is 63.9 cm³/mol. The van der Waals surface area contributed by atoms with Gasteiger partial charge in [0, 0.05) is 13.7 Å². The van der Waals surface area contributed by atoms with E-state index in [2.05, 4.69) is 10.0 Å². The molecule has 0 aromatic rings. The average molecular weight is 250 g/mol. The minimum Gasteiger partial charge on any atom is -0.381 e. The fraction of sp³-hybridized carbons (Fsp3) is 1.00. The van der Waals surface area contributed by atoms with Crippen molar-refractivity contribution in [2.45, 2.75) is 25.9 Å². The third-order valence-corrected chi connectivity index (χ3v) is 4.36. The summed E-state index contributed by atoms with van der Waals surface area (Å²) in [6.07, 6.45) is 1.96. The zero-order valence-corrected chi connectivity index (χ0v) is 10.8. The minimum atomic E-state index is -3.20. The highest BCUT2D eigenvalue weighted by Gasteiger charge is 2.18. The van der Waals surface area contributed by atoms with Crippen LogP contribution in [0.15, 0.2) is 0 Å². The van der Waals surface area contributed by atoms with Gasteiger partial charge in [0.15, 0.2) is 0 Å². The molecule has 1 rings (SSSR count). The molecule has 0 aliphatic carbocycles. The second-order valence-electron chi connectivity index (χ2n) is 4.39. The number of piperidine rings is 1. The van der Waals surface area contributed by atoms with Gasteiger partial charge in [-0.2, -0.15) is 0 Å². The van der Waals surface area contributed by atoms with Gasteiger partial charge in [-0.05, 0) is 38.8 Å². The molecule has 0 saturated carbocycles. The second-order valence-corrected chi connectivity index (χ2v) is 6.24. The third kappa shape index (κ3) is 5.25. The first-order valence-electron chi connectivity index (χ1n) is 5.74. The van der Waals surface area contributed by atoms with Gasteiger partial charge < -0.3 is 10.1 Å². The molecule has 1 saturated heterocycles. The average Bonchev–Trinajstić information content (AvgIpc) is 2.27. The number of rotatable bonds is 6. The van der Waals surface area contributed by atoms with Crippen molar-refractivity contribution in [3.8, 4) is 0 Å². The van der Waals surface area contributed by atoms with E-state index in [1.54, 1.807) is 6.92 Å². The summed E-state index contributed by atoms with van der Waals surface area (Å²) in [5.41, 5.74) is 0. The highest BCUT2D eigenvalue weighted by Crippen LogP contribution is 2.08. The lowest BCUT2D eigenvalue weighted by Crippen LogP contribution is -2.40. The Morgan fingerprint density at radius 1 is 1.56 bits per heavy atom. The number of ether oxygens (including phenoxy) is 1. The molecule has 1 aliphatic heterocycles. The van der Waals surface area contributed by atoms with E-state index in [-0.39, 0.29) is 11.9 Å². The van der Waals surface area contributed by atoms with Crippen LogP contribution in [-0.2, 0) is 14.8 Å². The van der Waals surface area contributed by atoms with Crippen LogP contribution in [0.1, 0.15) is 19.8 Å². The van der Waals surface area contributed by atoms with E-state index in [1.165, 1.54) is 7.11 Å². The summed E-state index contributed by atoms with van der Waals surface area (Å²) in [5, 5.41) is 3.26. The van der Waals surface area contributed by atoms with Crippen molar-refractivity contribution < 1.29 is 13.2 Å². The van der Waals surface area contributed by atoms with Gasteiger partial charge in [-0.25, -0.2) is 13.1 Å². The molecule has 0 aromatic carbocycles. The summed E-state index contributed by atoms with van der Waals surface area (Å²) in [7, 11) is -1.68.